The molecule has 1 saturated carbocycles. The quantitative estimate of drug-likeness (QED) is 0.380. The van der Waals surface area contributed by atoms with Crippen LogP contribution in [0, 0.1) is 0 Å². The molecule has 0 aromatic rings. The van der Waals surface area contributed by atoms with Crippen LogP contribution in [0.4, 0.5) is 0 Å². The van der Waals surface area contributed by atoms with Crippen LogP contribution in [0.25, 0.3) is 0 Å². The van der Waals surface area contributed by atoms with E-state index in [-0.39, 0.29) is 18.0 Å². The molecular formula is C10H20I2O2V. The van der Waals surface area contributed by atoms with Gasteiger partial charge in [-0.2, -0.15) is 0 Å². The number of hydrogen-bond donors (Lipinski definition) is 0. The van der Waals surface area contributed by atoms with E-state index < -0.39 is 0 Å². The van der Waals surface area contributed by atoms with Gasteiger partial charge in [-0.3, -0.25) is 9.59 Å². The normalized spacial score (nSPS) is 13.2. The third-order valence-corrected chi connectivity index (χ3v) is 1.31. The molecule has 0 heterocycles. The SMILES string of the molecule is CC.CC.O=C1CCCC(=O)C1.[I][V][I]. The maximum absolute atomic E-state index is 10.5. The molecule has 91 valence electrons. The minimum atomic E-state index is 0.112. The van der Waals surface area contributed by atoms with Gasteiger partial charge >= 0.3 is 49.4 Å². The molecule has 0 N–H and O–H groups in total. The summed E-state index contributed by atoms with van der Waals surface area (Å²) < 4.78 is 0. The van der Waals surface area contributed by atoms with Crippen molar-refractivity contribution in [3.8, 4) is 0 Å². The Bertz CT molecular complexity index is 138. The van der Waals surface area contributed by atoms with Crippen molar-refractivity contribution >= 4 is 51.5 Å². The van der Waals surface area contributed by atoms with Gasteiger partial charge in [-0.05, 0) is 6.42 Å². The molecule has 2 nitrogen and oxygen atoms in total. The summed E-state index contributed by atoms with van der Waals surface area (Å²) in [5.41, 5.74) is 0. The number of carbonyl (C=O) groups excluding carboxylic acids is 2. The van der Waals surface area contributed by atoms with Crippen molar-refractivity contribution in [3.63, 3.8) is 0 Å². The van der Waals surface area contributed by atoms with Crippen LogP contribution in [-0.2, 0) is 19.1 Å². The molecule has 0 aromatic heterocycles. The van der Waals surface area contributed by atoms with Crippen LogP contribution in [-0.4, -0.2) is 11.6 Å². The summed E-state index contributed by atoms with van der Waals surface area (Å²) in [6.07, 6.45) is 2.20. The molecule has 5 heteroatoms. The molecule has 0 spiro atoms. The van der Waals surface area contributed by atoms with Gasteiger partial charge in [0.15, 0.2) is 0 Å². The van der Waals surface area contributed by atoms with Crippen LogP contribution in [0.1, 0.15) is 53.4 Å². The molecule has 0 aromatic carbocycles. The summed E-state index contributed by atoms with van der Waals surface area (Å²) in [6, 6.07) is 0. The first-order valence-corrected chi connectivity index (χ1v) is 14.2. The topological polar surface area (TPSA) is 34.1 Å². The molecule has 0 unspecified atom stereocenters. The van der Waals surface area contributed by atoms with Crippen molar-refractivity contribution in [2.24, 2.45) is 0 Å². The molecule has 0 amide bonds. The molecule has 1 aliphatic carbocycles. The minimum absolute atomic E-state index is 0.112. The number of hydrogen-bond acceptors (Lipinski definition) is 2. The molecule has 1 fully saturated rings. The van der Waals surface area contributed by atoms with Gasteiger partial charge < -0.3 is 0 Å². The van der Waals surface area contributed by atoms with Crippen LogP contribution in [0.3, 0.4) is 0 Å². The maximum atomic E-state index is 10.5. The van der Waals surface area contributed by atoms with Crippen molar-refractivity contribution in [1.29, 1.82) is 0 Å². The van der Waals surface area contributed by atoms with Crippen LogP contribution in [0.15, 0.2) is 0 Å². The molecule has 1 rings (SSSR count). The van der Waals surface area contributed by atoms with Gasteiger partial charge in [0.2, 0.25) is 0 Å². The van der Waals surface area contributed by atoms with Gasteiger partial charge in [-0.1, -0.05) is 27.7 Å². The van der Waals surface area contributed by atoms with Crippen molar-refractivity contribution in [2.45, 2.75) is 53.4 Å². The van der Waals surface area contributed by atoms with E-state index in [9.17, 15) is 9.59 Å². The van der Waals surface area contributed by atoms with Crippen molar-refractivity contribution in [2.75, 3.05) is 0 Å². The average molecular weight is 477 g/mol. The number of rotatable bonds is 0. The molecule has 0 saturated heterocycles. The Morgan fingerprint density at radius 2 is 1.20 bits per heavy atom. The Labute approximate surface area is 123 Å². The predicted octanol–water partition coefficient (Wildman–Crippen LogP) is 4.52. The van der Waals surface area contributed by atoms with E-state index in [4.69, 9.17) is 0 Å². The third kappa shape index (κ3) is 21.3. The van der Waals surface area contributed by atoms with E-state index in [2.05, 4.69) is 40.0 Å². The van der Waals surface area contributed by atoms with Crippen LogP contribution < -0.4 is 0 Å². The van der Waals surface area contributed by atoms with Crippen LogP contribution in [0.5, 0.6) is 0 Å². The Morgan fingerprint density at radius 1 is 0.933 bits per heavy atom. The first-order valence-electron chi connectivity index (χ1n) is 5.16. The number of ketones is 2. The van der Waals surface area contributed by atoms with Gasteiger partial charge in [-0.15, -0.1) is 0 Å². The van der Waals surface area contributed by atoms with E-state index in [1.54, 1.807) is 0 Å². The standard InChI is InChI=1S/C6H8O2.2C2H6.2HI.V/c7-5-2-1-3-6(8)4-5;2*1-2;;;/h1-4H2;2*1-2H3;2*1H;/q;;;;;+2/p-2. The van der Waals surface area contributed by atoms with E-state index >= 15 is 0 Å². The number of carbonyl (C=O) groups is 2. The van der Waals surface area contributed by atoms with Gasteiger partial charge in [0.1, 0.15) is 11.6 Å². The fraction of sp³-hybridized carbons (Fsp3) is 0.800. The molecule has 0 atom stereocenters. The molecule has 15 heavy (non-hydrogen) atoms. The van der Waals surface area contributed by atoms with Crippen LogP contribution >= 0.6 is 40.0 Å². The zero-order chi connectivity index (χ0) is 12.7. The van der Waals surface area contributed by atoms with E-state index in [1.807, 2.05) is 27.7 Å². The second-order valence-corrected chi connectivity index (χ2v) is 14.0. The van der Waals surface area contributed by atoms with Crippen molar-refractivity contribution < 1.29 is 19.1 Å². The van der Waals surface area contributed by atoms with Gasteiger partial charge in [-0.25, -0.2) is 0 Å². The predicted molar refractivity (Wildman–Crippen MR) is 79.2 cm³/mol. The van der Waals surface area contributed by atoms with Gasteiger partial charge in [0, 0.05) is 12.8 Å². The molecule has 0 radical (unpaired) electrons. The zero-order valence-electron chi connectivity index (χ0n) is 9.85. The Kier molecular flexibility index (Phi) is 30.0. The van der Waals surface area contributed by atoms with Gasteiger partial charge in [0.05, 0.1) is 6.42 Å². The second-order valence-electron chi connectivity index (χ2n) is 2.17. The van der Waals surface area contributed by atoms with E-state index in [0.29, 0.717) is 22.3 Å². The summed E-state index contributed by atoms with van der Waals surface area (Å²) in [6.45, 7) is 8.00. The number of Topliss-reactive ketones (excluding diaryl/α,β-unsaturated/α-hetero) is 2. The Balaban J connectivity index is -0.000000176. The first kappa shape index (κ1) is 21.6. The van der Waals surface area contributed by atoms with E-state index in [0.717, 1.165) is 6.42 Å². The fourth-order valence-corrected chi connectivity index (χ4v) is 0.879. The molecule has 0 aliphatic heterocycles. The summed E-state index contributed by atoms with van der Waals surface area (Å²) >= 11 is 4.74. The second kappa shape index (κ2) is 20.8. The molecule has 1 aliphatic rings. The average Bonchev–Trinajstić information content (AvgIpc) is 2.24. The zero-order valence-corrected chi connectivity index (χ0v) is 15.6. The van der Waals surface area contributed by atoms with E-state index in [1.165, 1.54) is 0 Å². The number of halogens is 2. The first-order chi connectivity index (χ1) is 7.20. The van der Waals surface area contributed by atoms with Crippen LogP contribution in [0.2, 0.25) is 0 Å². The Hall–Kier alpha value is 1.38. The monoisotopic (exact) mass is 477 g/mol. The summed E-state index contributed by atoms with van der Waals surface area (Å²) in [4.78, 5) is 20.9. The fourth-order valence-electron chi connectivity index (χ4n) is 0.879. The summed E-state index contributed by atoms with van der Waals surface area (Å²) in [7, 11) is 0.628. The Morgan fingerprint density at radius 3 is 1.33 bits per heavy atom. The van der Waals surface area contributed by atoms with Gasteiger partial charge in [0.25, 0.3) is 0 Å². The summed E-state index contributed by atoms with van der Waals surface area (Å²) in [5, 5.41) is 0. The summed E-state index contributed by atoms with van der Waals surface area (Å²) in [5.74, 6) is 0.225. The molecular weight excluding hydrogens is 457 g/mol. The van der Waals surface area contributed by atoms with Crippen molar-refractivity contribution in [3.05, 3.63) is 0 Å². The van der Waals surface area contributed by atoms with Crippen molar-refractivity contribution in [1.82, 2.24) is 0 Å². The molecule has 0 bridgehead atoms. The third-order valence-electron chi connectivity index (χ3n) is 1.31.